The summed E-state index contributed by atoms with van der Waals surface area (Å²) in [6.45, 7) is 3.31. The monoisotopic (exact) mass is 699 g/mol. The van der Waals surface area contributed by atoms with Crippen molar-refractivity contribution >= 4 is 75.6 Å². The van der Waals surface area contributed by atoms with Gasteiger partial charge in [-0.1, -0.05) is 115 Å². The summed E-state index contributed by atoms with van der Waals surface area (Å²) in [7, 11) is 0. The predicted octanol–water partition coefficient (Wildman–Crippen LogP) is 7.47. The van der Waals surface area contributed by atoms with Crippen molar-refractivity contribution < 1.29 is 33.4 Å². The Bertz CT molecular complexity index is 1760. The highest BCUT2D eigenvalue weighted by Gasteiger charge is 2.46. The van der Waals surface area contributed by atoms with E-state index in [9.17, 15) is 19.2 Å². The molecule has 10 nitrogen and oxygen atoms in total. The van der Waals surface area contributed by atoms with Crippen molar-refractivity contribution in [3.05, 3.63) is 96.1 Å². The number of benzene rings is 3. The molecule has 2 amide bonds. The zero-order valence-corrected chi connectivity index (χ0v) is 27.8. The molecule has 0 saturated heterocycles. The van der Waals surface area contributed by atoms with Gasteiger partial charge in [-0.05, 0) is 36.1 Å². The number of fused-ring (bicyclic) bond motifs is 3. The van der Waals surface area contributed by atoms with E-state index in [-0.39, 0.29) is 36.4 Å². The first-order valence-corrected chi connectivity index (χ1v) is 16.0. The minimum Gasteiger partial charge on any atom is -0.445 e. The topological polar surface area (TPSA) is 116 Å². The number of alkyl carbamates (subject to hydrolysis) is 1. The van der Waals surface area contributed by atoms with Gasteiger partial charge in [-0.3, -0.25) is 9.36 Å². The fourth-order valence-corrected chi connectivity index (χ4v) is 5.60. The van der Waals surface area contributed by atoms with Crippen LogP contribution in [0.2, 0.25) is 0 Å². The molecule has 1 aromatic heterocycles. The minimum atomic E-state index is -1.89. The number of halogens is 3. The molecule has 4 aromatic rings. The van der Waals surface area contributed by atoms with Gasteiger partial charge in [0, 0.05) is 17.4 Å². The summed E-state index contributed by atoms with van der Waals surface area (Å²) < 4.78 is 16.0. The molecule has 3 aromatic carbocycles. The summed E-state index contributed by atoms with van der Waals surface area (Å²) in [5.74, 6) is -0.604. The quantitative estimate of drug-likeness (QED) is 0.104. The van der Waals surface area contributed by atoms with Crippen LogP contribution in [0.3, 0.4) is 0 Å². The summed E-state index contributed by atoms with van der Waals surface area (Å²) in [6, 6.07) is 22.3. The lowest BCUT2D eigenvalue weighted by molar-refractivity contribution is -0.136. The van der Waals surface area contributed by atoms with Crippen LogP contribution in [0.4, 0.5) is 15.4 Å². The maximum Gasteiger partial charge on any atom is 0.416 e. The van der Waals surface area contributed by atoms with E-state index in [0.717, 1.165) is 5.56 Å². The second-order valence-electron chi connectivity index (χ2n) is 11.4. The van der Waals surface area contributed by atoms with Gasteiger partial charge in [0.15, 0.2) is 0 Å². The molecule has 13 heteroatoms. The zero-order valence-electron chi connectivity index (χ0n) is 25.5. The van der Waals surface area contributed by atoms with E-state index >= 15 is 0 Å². The van der Waals surface area contributed by atoms with Crippen LogP contribution in [-0.2, 0) is 27.3 Å². The summed E-state index contributed by atoms with van der Waals surface area (Å²) in [6.07, 6.45) is -1.61. The summed E-state index contributed by atoms with van der Waals surface area (Å²) >= 11 is 17.3. The normalized spacial score (nSPS) is 15.0. The molecule has 0 spiro atoms. The summed E-state index contributed by atoms with van der Waals surface area (Å²) in [5.41, 5.74) is 1.74. The smallest absolute Gasteiger partial charge is 0.416 e. The number of para-hydroxylation sites is 2. The van der Waals surface area contributed by atoms with E-state index in [1.807, 2.05) is 44.2 Å². The number of carbonyl (C=O) groups is 4. The summed E-state index contributed by atoms with van der Waals surface area (Å²) in [5, 5.41) is 3.10. The van der Waals surface area contributed by atoms with Gasteiger partial charge >= 0.3 is 18.2 Å². The fraction of sp³-hybridized carbons (Fsp3) is 0.294. The highest BCUT2D eigenvalue weighted by molar-refractivity contribution is 6.67. The van der Waals surface area contributed by atoms with Gasteiger partial charge in [0.25, 0.3) is 5.91 Å². The van der Waals surface area contributed by atoms with Crippen molar-refractivity contribution in [2.45, 2.75) is 49.2 Å². The average molecular weight is 701 g/mol. The van der Waals surface area contributed by atoms with Gasteiger partial charge < -0.3 is 19.5 Å². The molecule has 1 aliphatic rings. The Morgan fingerprint density at radius 3 is 2.19 bits per heavy atom. The van der Waals surface area contributed by atoms with E-state index in [2.05, 4.69) is 5.32 Å². The number of rotatable bonds is 10. The third kappa shape index (κ3) is 8.19. The second-order valence-corrected chi connectivity index (χ2v) is 13.9. The van der Waals surface area contributed by atoms with Crippen LogP contribution in [0, 0.1) is 5.92 Å². The van der Waals surface area contributed by atoms with E-state index < -0.39 is 40.6 Å². The zero-order chi connectivity index (χ0) is 33.7. The van der Waals surface area contributed by atoms with E-state index in [0.29, 0.717) is 22.9 Å². The second kappa shape index (κ2) is 14.7. The van der Waals surface area contributed by atoms with Crippen LogP contribution in [-0.4, -0.2) is 51.1 Å². The molecular weight excluding hydrogens is 669 g/mol. The largest absolute Gasteiger partial charge is 0.445 e. The van der Waals surface area contributed by atoms with Crippen LogP contribution in [0.1, 0.15) is 36.2 Å². The number of carbonyl (C=O) groups excluding carboxylic acids is 4. The van der Waals surface area contributed by atoms with Crippen molar-refractivity contribution in [1.29, 1.82) is 0 Å². The number of anilines is 1. The summed E-state index contributed by atoms with van der Waals surface area (Å²) in [4.78, 5) is 55.7. The van der Waals surface area contributed by atoms with Crippen molar-refractivity contribution in [2.75, 3.05) is 11.5 Å². The molecule has 0 unspecified atom stereocenters. The van der Waals surface area contributed by atoms with Crippen LogP contribution >= 0.6 is 34.8 Å². The number of esters is 1. The number of aromatic nitrogens is 1. The van der Waals surface area contributed by atoms with E-state index in [1.54, 1.807) is 54.6 Å². The average Bonchev–Trinajstić information content (AvgIpc) is 3.50. The van der Waals surface area contributed by atoms with Crippen LogP contribution < -0.4 is 15.0 Å². The molecule has 47 heavy (non-hydrogen) atoms. The van der Waals surface area contributed by atoms with Crippen LogP contribution in [0.25, 0.3) is 10.9 Å². The maximum atomic E-state index is 14.1. The Labute approximate surface area is 286 Å². The number of hydrogen-bond acceptors (Lipinski definition) is 7. The molecule has 5 rings (SSSR count). The molecule has 2 heterocycles. The van der Waals surface area contributed by atoms with Gasteiger partial charge in [0.05, 0.1) is 5.52 Å². The van der Waals surface area contributed by atoms with Gasteiger partial charge in [-0.2, -0.15) is 0 Å². The van der Waals surface area contributed by atoms with Crippen molar-refractivity contribution in [3.8, 4) is 5.75 Å². The number of ether oxygens (including phenoxy) is 3. The van der Waals surface area contributed by atoms with E-state index in [1.165, 1.54) is 9.47 Å². The van der Waals surface area contributed by atoms with Crippen LogP contribution in [0.5, 0.6) is 5.75 Å². The molecule has 246 valence electrons. The molecule has 0 saturated carbocycles. The first-order valence-electron chi connectivity index (χ1n) is 14.9. The Kier molecular flexibility index (Phi) is 10.6. The molecule has 1 N–H and O–H groups in total. The third-order valence-corrected chi connectivity index (χ3v) is 7.73. The number of nitrogens with one attached hydrogen (secondary N) is 1. The Hall–Kier alpha value is -4.25. The Morgan fingerprint density at radius 1 is 0.894 bits per heavy atom. The predicted molar refractivity (Wildman–Crippen MR) is 179 cm³/mol. The molecule has 0 radical (unpaired) electrons. The third-order valence-electron chi connectivity index (χ3n) is 7.41. The van der Waals surface area contributed by atoms with Crippen LogP contribution in [0.15, 0.2) is 84.9 Å². The van der Waals surface area contributed by atoms with Crippen molar-refractivity contribution in [1.82, 2.24) is 9.88 Å². The van der Waals surface area contributed by atoms with Gasteiger partial charge in [0.2, 0.25) is 3.79 Å². The lowest BCUT2D eigenvalue weighted by Crippen LogP contribution is -2.46. The Morgan fingerprint density at radius 2 is 1.53 bits per heavy atom. The van der Waals surface area contributed by atoms with E-state index in [4.69, 9.17) is 49.0 Å². The number of hydrogen-bond donors (Lipinski definition) is 1. The molecule has 0 fully saturated rings. The SMILES string of the molecule is CC(C)C[C@H]1C(=O)n2c(c(C[C@H](NC(=O)OCC(Cl)(Cl)Cl)C(=O)Oc3ccccc3)c3ccccc32)N1C(=O)OCc1ccccc1. The molecule has 2 atom stereocenters. The highest BCUT2D eigenvalue weighted by atomic mass is 35.6. The molecule has 0 aliphatic carbocycles. The fourth-order valence-electron chi connectivity index (χ4n) is 5.44. The first kappa shape index (κ1) is 34.1. The van der Waals surface area contributed by atoms with Gasteiger partial charge in [0.1, 0.15) is 36.9 Å². The first-order chi connectivity index (χ1) is 22.4. The number of alkyl halides is 3. The van der Waals surface area contributed by atoms with Crippen molar-refractivity contribution in [2.24, 2.45) is 5.92 Å². The lowest BCUT2D eigenvalue weighted by atomic mass is 10.0. The van der Waals surface area contributed by atoms with Gasteiger partial charge in [-0.15, -0.1) is 0 Å². The lowest BCUT2D eigenvalue weighted by Gasteiger charge is -2.25. The molecule has 1 aliphatic heterocycles. The Balaban J connectivity index is 1.55. The highest BCUT2D eigenvalue weighted by Crippen LogP contribution is 2.41. The minimum absolute atomic E-state index is 0.0169. The molecule has 0 bridgehead atoms. The maximum absolute atomic E-state index is 14.1. The molecular formula is C34H32Cl3N3O7. The standard InChI is InChI=1S/C34H32Cl3N3O7/c1-21(2)17-28-30(41)39-27-16-10-9-15-24(27)25(29(39)40(28)33(44)45-19-22-11-5-3-6-12-22)18-26(38-32(43)46-20-34(35,36)37)31(42)47-23-13-7-4-8-14-23/h3-16,21,26,28H,17-20H2,1-2H3,(H,38,43)/t26-,28-/m0/s1. The number of amides is 2. The van der Waals surface area contributed by atoms with Crippen molar-refractivity contribution in [3.63, 3.8) is 0 Å². The van der Waals surface area contributed by atoms with Gasteiger partial charge in [-0.25, -0.2) is 19.3 Å². The number of nitrogens with zero attached hydrogens (tertiary/aromatic N) is 2.